The molecule has 9 nitrogen and oxygen atoms in total. The van der Waals surface area contributed by atoms with Crippen molar-refractivity contribution in [2.24, 2.45) is 0 Å². The number of nitrogens with two attached hydrogens (primary N) is 1. The Morgan fingerprint density at radius 3 is 2.64 bits per heavy atom. The fraction of sp³-hybridized carbons (Fsp3) is 0.125. The van der Waals surface area contributed by atoms with Crippen molar-refractivity contribution in [1.82, 2.24) is 14.8 Å². The lowest BCUT2D eigenvalue weighted by atomic mass is 10.1. The molecule has 0 radical (unpaired) electrons. The summed E-state index contributed by atoms with van der Waals surface area (Å²) < 4.78 is 10.9. The Morgan fingerprint density at radius 2 is 2.00 bits per heavy atom. The molecule has 0 aliphatic rings. The van der Waals surface area contributed by atoms with E-state index < -0.39 is 11.9 Å². The molecule has 0 saturated carbocycles. The number of methoxy groups -OCH3 is 2. The minimum Gasteiger partial charge on any atom is -0.464 e. The Morgan fingerprint density at radius 1 is 1.28 bits per heavy atom. The number of anilines is 1. The molecule has 2 heterocycles. The summed E-state index contributed by atoms with van der Waals surface area (Å²) in [6.45, 7) is 0. The number of nitrogen functional groups attached to an aromatic ring is 1. The molecule has 0 aliphatic carbocycles. The zero-order valence-corrected chi connectivity index (χ0v) is 13.4. The topological polar surface area (TPSA) is 136 Å². The van der Waals surface area contributed by atoms with Crippen molar-refractivity contribution in [2.75, 3.05) is 20.0 Å². The minimum atomic E-state index is -0.709. The van der Waals surface area contributed by atoms with Crippen LogP contribution in [0.2, 0.25) is 0 Å². The van der Waals surface area contributed by atoms with Crippen molar-refractivity contribution in [3.63, 3.8) is 0 Å². The second-order valence-corrected chi connectivity index (χ2v) is 5.04. The van der Waals surface area contributed by atoms with Gasteiger partial charge in [0.05, 0.1) is 42.1 Å². The average molecular weight is 339 g/mol. The molecule has 0 atom stereocenters. The van der Waals surface area contributed by atoms with Crippen molar-refractivity contribution >= 4 is 28.5 Å². The van der Waals surface area contributed by atoms with Gasteiger partial charge in [-0.2, -0.15) is 10.4 Å². The number of aromatic amines is 1. The number of nitrogens with one attached hydrogen (secondary N) is 1. The van der Waals surface area contributed by atoms with Crippen molar-refractivity contribution in [3.8, 4) is 11.8 Å². The van der Waals surface area contributed by atoms with Gasteiger partial charge in [0.25, 0.3) is 0 Å². The number of nitrogens with zero attached hydrogens (tertiary/aromatic N) is 3. The number of esters is 2. The number of rotatable bonds is 3. The Hall–Kier alpha value is -3.80. The molecule has 0 saturated heterocycles. The SMILES string of the molecule is COC(=O)c1n[nH]c2cccc(-n3cc(C#N)c(N)c3C(=O)OC)c12. The number of carbonyl (C=O) groups is 2. The van der Waals surface area contributed by atoms with Gasteiger partial charge in [-0.3, -0.25) is 5.10 Å². The summed E-state index contributed by atoms with van der Waals surface area (Å²) in [5, 5.41) is 16.4. The Labute approximate surface area is 141 Å². The highest BCUT2D eigenvalue weighted by Gasteiger charge is 2.25. The second-order valence-electron chi connectivity index (χ2n) is 5.04. The second kappa shape index (κ2) is 6.01. The van der Waals surface area contributed by atoms with Gasteiger partial charge in [0.2, 0.25) is 0 Å². The number of carbonyl (C=O) groups excluding carboxylic acids is 2. The van der Waals surface area contributed by atoms with Crippen LogP contribution in [0.5, 0.6) is 0 Å². The van der Waals surface area contributed by atoms with E-state index >= 15 is 0 Å². The summed E-state index contributed by atoms with van der Waals surface area (Å²) in [7, 11) is 2.45. The predicted molar refractivity (Wildman–Crippen MR) is 87.2 cm³/mol. The summed E-state index contributed by atoms with van der Waals surface area (Å²) in [4.78, 5) is 24.2. The summed E-state index contributed by atoms with van der Waals surface area (Å²) in [6.07, 6.45) is 1.41. The van der Waals surface area contributed by atoms with Gasteiger partial charge in [-0.15, -0.1) is 0 Å². The highest BCUT2D eigenvalue weighted by molar-refractivity contribution is 6.06. The van der Waals surface area contributed by atoms with Gasteiger partial charge in [0.1, 0.15) is 6.07 Å². The molecule has 0 fully saturated rings. The molecular weight excluding hydrogens is 326 g/mol. The molecule has 2 aromatic heterocycles. The molecule has 126 valence electrons. The van der Waals surface area contributed by atoms with E-state index in [0.29, 0.717) is 16.6 Å². The van der Waals surface area contributed by atoms with Crippen LogP contribution in [-0.2, 0) is 9.47 Å². The van der Waals surface area contributed by atoms with Gasteiger partial charge in [-0.1, -0.05) is 6.07 Å². The molecule has 9 heteroatoms. The van der Waals surface area contributed by atoms with Gasteiger partial charge in [-0.05, 0) is 12.1 Å². The van der Waals surface area contributed by atoms with E-state index in [4.69, 9.17) is 15.2 Å². The third-order valence-electron chi connectivity index (χ3n) is 3.75. The Kier molecular flexibility index (Phi) is 3.86. The van der Waals surface area contributed by atoms with Gasteiger partial charge in [0.15, 0.2) is 11.4 Å². The number of hydrogen-bond donors (Lipinski definition) is 2. The summed E-state index contributed by atoms with van der Waals surface area (Å²) in [5.74, 6) is -1.35. The standard InChI is InChI=1S/C16H13N5O4/c1-24-15(22)13-11-9(19-20-13)4-3-5-10(11)21-7-8(6-17)12(18)14(21)16(23)25-2/h3-5,7H,18H2,1-2H3,(H,19,20). The van der Waals surface area contributed by atoms with Gasteiger partial charge >= 0.3 is 11.9 Å². The number of fused-ring (bicyclic) bond motifs is 1. The first-order chi connectivity index (χ1) is 12.0. The molecular formula is C16H13N5O4. The van der Waals surface area contributed by atoms with E-state index in [2.05, 4.69) is 10.2 Å². The van der Waals surface area contributed by atoms with Gasteiger partial charge < -0.3 is 19.8 Å². The van der Waals surface area contributed by atoms with Crippen molar-refractivity contribution < 1.29 is 19.1 Å². The van der Waals surface area contributed by atoms with Crippen LogP contribution in [0.4, 0.5) is 5.69 Å². The fourth-order valence-corrected chi connectivity index (χ4v) is 2.60. The number of hydrogen-bond acceptors (Lipinski definition) is 7. The summed E-state index contributed by atoms with van der Waals surface area (Å²) in [6, 6.07) is 7.02. The summed E-state index contributed by atoms with van der Waals surface area (Å²) in [5.41, 5.74) is 7.05. The van der Waals surface area contributed by atoms with E-state index in [1.54, 1.807) is 18.2 Å². The van der Waals surface area contributed by atoms with Crippen LogP contribution in [-0.4, -0.2) is 40.9 Å². The molecule has 3 N–H and O–H groups in total. The lowest BCUT2D eigenvalue weighted by Gasteiger charge is -2.10. The van der Waals surface area contributed by atoms with Gasteiger partial charge in [0, 0.05) is 6.20 Å². The van der Waals surface area contributed by atoms with Crippen LogP contribution in [0.15, 0.2) is 24.4 Å². The molecule has 0 unspecified atom stereocenters. The minimum absolute atomic E-state index is 0.00512. The highest BCUT2D eigenvalue weighted by atomic mass is 16.5. The third-order valence-corrected chi connectivity index (χ3v) is 3.75. The largest absolute Gasteiger partial charge is 0.464 e. The lowest BCUT2D eigenvalue weighted by Crippen LogP contribution is -2.12. The first-order valence-corrected chi connectivity index (χ1v) is 7.08. The van der Waals surface area contributed by atoms with Crippen LogP contribution >= 0.6 is 0 Å². The first-order valence-electron chi connectivity index (χ1n) is 7.08. The predicted octanol–water partition coefficient (Wildman–Crippen LogP) is 1.38. The summed E-state index contributed by atoms with van der Waals surface area (Å²) >= 11 is 0. The van der Waals surface area contributed by atoms with Crippen LogP contribution in [0, 0.1) is 11.3 Å². The van der Waals surface area contributed by atoms with Crippen molar-refractivity contribution in [3.05, 3.63) is 41.3 Å². The monoisotopic (exact) mass is 339 g/mol. The van der Waals surface area contributed by atoms with E-state index in [1.165, 1.54) is 25.0 Å². The lowest BCUT2D eigenvalue weighted by molar-refractivity contribution is 0.0586. The van der Waals surface area contributed by atoms with E-state index in [9.17, 15) is 14.9 Å². The number of ether oxygens (including phenoxy) is 2. The quantitative estimate of drug-likeness (QED) is 0.688. The van der Waals surface area contributed by atoms with Crippen LogP contribution < -0.4 is 5.73 Å². The van der Waals surface area contributed by atoms with Crippen LogP contribution in [0.1, 0.15) is 26.5 Å². The normalized spacial score (nSPS) is 10.4. The molecule has 0 spiro atoms. The van der Waals surface area contributed by atoms with E-state index in [1.807, 2.05) is 6.07 Å². The smallest absolute Gasteiger partial charge is 0.359 e. The zero-order valence-electron chi connectivity index (χ0n) is 13.4. The van der Waals surface area contributed by atoms with Gasteiger partial charge in [-0.25, -0.2) is 9.59 Å². The average Bonchev–Trinajstić information content (AvgIpc) is 3.21. The molecule has 1 aromatic carbocycles. The maximum Gasteiger partial charge on any atom is 0.359 e. The Bertz CT molecular complexity index is 1040. The van der Waals surface area contributed by atoms with E-state index in [0.717, 1.165) is 0 Å². The van der Waals surface area contributed by atoms with Crippen molar-refractivity contribution in [2.45, 2.75) is 0 Å². The number of H-pyrrole nitrogens is 1. The highest BCUT2D eigenvalue weighted by Crippen LogP contribution is 2.30. The first kappa shape index (κ1) is 16.1. The van der Waals surface area contributed by atoms with E-state index in [-0.39, 0.29) is 22.6 Å². The third kappa shape index (κ3) is 2.36. The molecule has 3 aromatic rings. The fourth-order valence-electron chi connectivity index (χ4n) is 2.60. The van der Waals surface area contributed by atoms with Crippen LogP contribution in [0.3, 0.4) is 0 Å². The number of nitriles is 1. The maximum absolute atomic E-state index is 12.2. The zero-order chi connectivity index (χ0) is 18.1. The maximum atomic E-state index is 12.2. The Balaban J connectivity index is 2.38. The molecule has 25 heavy (non-hydrogen) atoms. The molecule has 3 rings (SSSR count). The molecule has 0 bridgehead atoms. The van der Waals surface area contributed by atoms with Crippen LogP contribution in [0.25, 0.3) is 16.6 Å². The number of aromatic nitrogens is 3. The number of benzene rings is 1. The molecule has 0 amide bonds. The van der Waals surface area contributed by atoms with Crippen molar-refractivity contribution in [1.29, 1.82) is 5.26 Å². The molecule has 0 aliphatic heterocycles.